The molecular formula is C14H12F3NO4. The molecule has 1 saturated heterocycles. The molecule has 0 spiro atoms. The predicted octanol–water partition coefficient (Wildman–Crippen LogP) is 3.22. The second kappa shape index (κ2) is 4.44. The zero-order valence-electron chi connectivity index (χ0n) is 11.3. The lowest BCUT2D eigenvalue weighted by Gasteiger charge is -2.40. The molecule has 2 heterocycles. The molecular weight excluding hydrogens is 303 g/mol. The quantitative estimate of drug-likeness (QED) is 0.798. The van der Waals surface area contributed by atoms with Crippen molar-refractivity contribution in [2.45, 2.75) is 43.9 Å². The number of nitrogens with zero attached hydrogens (tertiary/aromatic N) is 1. The normalized spacial score (nSPS) is 29.3. The number of halogens is 3. The summed E-state index contributed by atoms with van der Waals surface area (Å²) in [6.45, 7) is 0. The minimum absolute atomic E-state index is 0.205. The van der Waals surface area contributed by atoms with Crippen molar-refractivity contribution in [2.24, 2.45) is 0 Å². The maximum Gasteiger partial charge on any atom is 0.573 e. The van der Waals surface area contributed by atoms with Gasteiger partial charge in [-0.1, -0.05) is 0 Å². The molecule has 3 aliphatic rings. The lowest BCUT2D eigenvalue weighted by molar-refractivity contribution is -0.274. The van der Waals surface area contributed by atoms with Crippen LogP contribution in [0.2, 0.25) is 0 Å². The van der Waals surface area contributed by atoms with Gasteiger partial charge < -0.3 is 14.2 Å². The molecule has 1 aromatic carbocycles. The van der Waals surface area contributed by atoms with Crippen molar-refractivity contribution in [3.63, 3.8) is 0 Å². The number of alkyl halides is 3. The number of carbonyl (C=O) groups is 1. The first-order chi connectivity index (χ1) is 10.4. The van der Waals surface area contributed by atoms with Gasteiger partial charge in [-0.25, -0.2) is 4.79 Å². The Balaban J connectivity index is 1.72. The smallest absolute Gasteiger partial charge is 0.486 e. The fourth-order valence-electron chi connectivity index (χ4n) is 3.41. The second-order valence-electron chi connectivity index (χ2n) is 5.55. The molecule has 1 amide bonds. The van der Waals surface area contributed by atoms with E-state index in [1.165, 1.54) is 17.0 Å². The molecule has 0 unspecified atom stereocenters. The molecule has 118 valence electrons. The number of fused-ring (bicyclic) bond motifs is 2. The summed E-state index contributed by atoms with van der Waals surface area (Å²) < 4.78 is 52.0. The van der Waals surface area contributed by atoms with Gasteiger partial charge in [0.25, 0.3) is 0 Å². The van der Waals surface area contributed by atoms with Gasteiger partial charge in [-0.15, -0.1) is 13.2 Å². The van der Waals surface area contributed by atoms with E-state index in [2.05, 4.69) is 4.74 Å². The SMILES string of the molecule is O=C1O[C@H]2CCC[C@H]3Oc4cc(OC(F)(F)F)ccc4N1[C@@H]23. The lowest BCUT2D eigenvalue weighted by atomic mass is 9.88. The lowest BCUT2D eigenvalue weighted by Crippen LogP contribution is -2.53. The van der Waals surface area contributed by atoms with E-state index in [4.69, 9.17) is 9.47 Å². The third kappa shape index (κ3) is 2.05. The van der Waals surface area contributed by atoms with Crippen LogP contribution in [0.25, 0.3) is 0 Å². The van der Waals surface area contributed by atoms with Crippen molar-refractivity contribution in [1.29, 1.82) is 0 Å². The van der Waals surface area contributed by atoms with Gasteiger partial charge in [-0.05, 0) is 31.4 Å². The van der Waals surface area contributed by atoms with Crippen LogP contribution < -0.4 is 14.4 Å². The molecule has 2 fully saturated rings. The Hall–Kier alpha value is -2.12. The maximum atomic E-state index is 12.3. The number of carbonyl (C=O) groups excluding carboxylic acids is 1. The summed E-state index contributed by atoms with van der Waals surface area (Å²) in [5, 5.41) is 0. The molecule has 1 aromatic rings. The van der Waals surface area contributed by atoms with Crippen LogP contribution in [0.1, 0.15) is 19.3 Å². The van der Waals surface area contributed by atoms with Gasteiger partial charge in [0, 0.05) is 6.07 Å². The minimum Gasteiger partial charge on any atom is -0.486 e. The summed E-state index contributed by atoms with van der Waals surface area (Å²) in [5.74, 6) is -0.160. The Bertz CT molecular complexity index is 633. The van der Waals surface area contributed by atoms with Crippen LogP contribution in [0.3, 0.4) is 0 Å². The van der Waals surface area contributed by atoms with Gasteiger partial charge in [0.2, 0.25) is 0 Å². The van der Waals surface area contributed by atoms with Crippen molar-refractivity contribution in [1.82, 2.24) is 0 Å². The van der Waals surface area contributed by atoms with Gasteiger partial charge in [-0.2, -0.15) is 0 Å². The van der Waals surface area contributed by atoms with Gasteiger partial charge in [0.1, 0.15) is 29.7 Å². The van der Waals surface area contributed by atoms with E-state index in [-0.39, 0.29) is 29.7 Å². The predicted molar refractivity (Wildman–Crippen MR) is 67.9 cm³/mol. The first-order valence-corrected chi connectivity index (χ1v) is 6.99. The van der Waals surface area contributed by atoms with E-state index in [1.807, 2.05) is 0 Å². The van der Waals surface area contributed by atoms with Crippen molar-refractivity contribution in [2.75, 3.05) is 4.90 Å². The third-order valence-corrected chi connectivity index (χ3v) is 4.19. The fourth-order valence-corrected chi connectivity index (χ4v) is 3.41. The zero-order chi connectivity index (χ0) is 15.5. The summed E-state index contributed by atoms with van der Waals surface area (Å²) in [4.78, 5) is 13.6. The van der Waals surface area contributed by atoms with E-state index in [1.54, 1.807) is 0 Å². The van der Waals surface area contributed by atoms with Crippen LogP contribution in [-0.4, -0.2) is 30.7 Å². The highest BCUT2D eigenvalue weighted by atomic mass is 19.4. The molecule has 2 aliphatic heterocycles. The molecule has 0 N–H and O–H groups in total. The Morgan fingerprint density at radius 3 is 2.64 bits per heavy atom. The van der Waals surface area contributed by atoms with Crippen LogP contribution in [0.5, 0.6) is 11.5 Å². The maximum absolute atomic E-state index is 12.3. The Kier molecular flexibility index (Phi) is 2.73. The van der Waals surface area contributed by atoms with E-state index in [0.717, 1.165) is 25.3 Å². The van der Waals surface area contributed by atoms with E-state index < -0.39 is 12.5 Å². The van der Waals surface area contributed by atoms with Crippen LogP contribution in [0, 0.1) is 0 Å². The average molecular weight is 315 g/mol. The Labute approximate surface area is 123 Å². The van der Waals surface area contributed by atoms with E-state index in [0.29, 0.717) is 5.69 Å². The van der Waals surface area contributed by atoms with Crippen LogP contribution in [-0.2, 0) is 4.74 Å². The summed E-state index contributed by atoms with van der Waals surface area (Å²) >= 11 is 0. The molecule has 3 atom stereocenters. The largest absolute Gasteiger partial charge is 0.573 e. The number of anilines is 1. The standard InChI is InChI=1S/C14H12F3NO4/c15-14(16,17)22-7-4-5-8-11(6-7)20-9-2-1-3-10-12(9)18(8)13(19)21-10/h4-6,9-10,12H,1-3H2/t9-,10+,12-/m1/s1. The van der Waals surface area contributed by atoms with E-state index >= 15 is 0 Å². The molecule has 5 nitrogen and oxygen atoms in total. The summed E-state index contributed by atoms with van der Waals surface area (Å²) in [6.07, 6.45) is -3.37. The number of ether oxygens (including phenoxy) is 3. The van der Waals surface area contributed by atoms with Crippen molar-refractivity contribution < 1.29 is 32.2 Å². The van der Waals surface area contributed by atoms with Crippen LogP contribution in [0.4, 0.5) is 23.7 Å². The first-order valence-electron chi connectivity index (χ1n) is 6.99. The average Bonchev–Trinajstić information content (AvgIpc) is 2.76. The Morgan fingerprint density at radius 2 is 1.91 bits per heavy atom. The number of rotatable bonds is 1. The van der Waals surface area contributed by atoms with E-state index in [9.17, 15) is 18.0 Å². The molecule has 0 aromatic heterocycles. The molecule has 4 rings (SSSR count). The fraction of sp³-hybridized carbons (Fsp3) is 0.500. The molecule has 0 bridgehead atoms. The highest BCUT2D eigenvalue weighted by molar-refractivity contribution is 5.93. The minimum atomic E-state index is -4.77. The molecule has 1 aliphatic carbocycles. The molecule has 1 saturated carbocycles. The number of amides is 1. The summed E-state index contributed by atoms with van der Waals surface area (Å²) in [5.41, 5.74) is 0.421. The topological polar surface area (TPSA) is 48.0 Å². The molecule has 8 heteroatoms. The monoisotopic (exact) mass is 315 g/mol. The molecule has 0 radical (unpaired) electrons. The van der Waals surface area contributed by atoms with Gasteiger partial charge in [0.05, 0.1) is 5.69 Å². The number of benzene rings is 1. The summed E-state index contributed by atoms with van der Waals surface area (Å²) in [6, 6.07) is 3.52. The zero-order valence-corrected chi connectivity index (χ0v) is 11.3. The van der Waals surface area contributed by atoms with Crippen molar-refractivity contribution in [3.8, 4) is 11.5 Å². The first kappa shape index (κ1) is 13.5. The van der Waals surface area contributed by atoms with Crippen molar-refractivity contribution in [3.05, 3.63) is 18.2 Å². The van der Waals surface area contributed by atoms with Crippen molar-refractivity contribution >= 4 is 11.8 Å². The summed E-state index contributed by atoms with van der Waals surface area (Å²) in [7, 11) is 0. The van der Waals surface area contributed by atoms with Gasteiger partial charge >= 0.3 is 12.5 Å². The van der Waals surface area contributed by atoms with Gasteiger partial charge in [-0.3, -0.25) is 4.90 Å². The number of hydrogen-bond acceptors (Lipinski definition) is 4. The Morgan fingerprint density at radius 1 is 1.18 bits per heavy atom. The second-order valence-corrected chi connectivity index (χ2v) is 5.55. The highest BCUT2D eigenvalue weighted by Crippen LogP contribution is 2.46. The molecule has 22 heavy (non-hydrogen) atoms. The third-order valence-electron chi connectivity index (χ3n) is 4.19. The van der Waals surface area contributed by atoms with Gasteiger partial charge in [0.15, 0.2) is 0 Å². The van der Waals surface area contributed by atoms with Crippen LogP contribution >= 0.6 is 0 Å². The van der Waals surface area contributed by atoms with Crippen LogP contribution in [0.15, 0.2) is 18.2 Å². The number of hydrogen-bond donors (Lipinski definition) is 0. The highest BCUT2D eigenvalue weighted by Gasteiger charge is 2.53.